The Labute approximate surface area is 107 Å². The summed E-state index contributed by atoms with van der Waals surface area (Å²) in [7, 11) is 1.65. The van der Waals surface area contributed by atoms with E-state index in [9.17, 15) is 0 Å². The minimum absolute atomic E-state index is 0.430. The molecule has 2 rings (SSSR count). The average molecular weight is 246 g/mol. The summed E-state index contributed by atoms with van der Waals surface area (Å²) in [6.45, 7) is 4.89. The van der Waals surface area contributed by atoms with Gasteiger partial charge in [0.15, 0.2) is 5.76 Å². The zero-order chi connectivity index (χ0) is 13.0. The Morgan fingerprint density at radius 1 is 1.28 bits per heavy atom. The molecule has 0 aliphatic heterocycles. The summed E-state index contributed by atoms with van der Waals surface area (Å²) in [6, 6.07) is 10.1. The maximum atomic E-state index is 5.28. The first-order valence-corrected chi connectivity index (χ1v) is 6.02. The number of rotatable bonds is 5. The van der Waals surface area contributed by atoms with Crippen LogP contribution in [-0.4, -0.2) is 18.3 Å². The van der Waals surface area contributed by atoms with Crippen molar-refractivity contribution in [2.75, 3.05) is 7.11 Å². The van der Waals surface area contributed by atoms with Crippen molar-refractivity contribution in [3.63, 3.8) is 0 Å². The van der Waals surface area contributed by atoms with Crippen molar-refractivity contribution in [2.24, 2.45) is 0 Å². The quantitative estimate of drug-likeness (QED) is 0.881. The van der Waals surface area contributed by atoms with Crippen molar-refractivity contribution in [3.8, 4) is 17.0 Å². The molecule has 0 amide bonds. The lowest BCUT2D eigenvalue weighted by Crippen LogP contribution is -2.21. The smallest absolute Gasteiger partial charge is 0.151 e. The van der Waals surface area contributed by atoms with Crippen molar-refractivity contribution in [3.05, 3.63) is 36.1 Å². The van der Waals surface area contributed by atoms with E-state index in [1.54, 1.807) is 7.11 Å². The number of hydrogen-bond acceptors (Lipinski definition) is 4. The minimum atomic E-state index is 0.430. The van der Waals surface area contributed by atoms with Crippen LogP contribution in [0.2, 0.25) is 0 Å². The first-order valence-electron chi connectivity index (χ1n) is 6.02. The van der Waals surface area contributed by atoms with Crippen LogP contribution in [0.1, 0.15) is 19.6 Å². The normalized spacial score (nSPS) is 10.9. The molecule has 0 fully saturated rings. The lowest BCUT2D eigenvalue weighted by molar-refractivity contribution is 0.369. The van der Waals surface area contributed by atoms with Gasteiger partial charge in [-0.25, -0.2) is 0 Å². The van der Waals surface area contributed by atoms with Crippen molar-refractivity contribution < 1.29 is 9.26 Å². The first kappa shape index (κ1) is 12.6. The number of methoxy groups -OCH3 is 1. The maximum absolute atomic E-state index is 5.28. The van der Waals surface area contributed by atoms with Gasteiger partial charge in [0.2, 0.25) is 0 Å². The van der Waals surface area contributed by atoms with Crippen LogP contribution in [0, 0.1) is 0 Å². The van der Waals surface area contributed by atoms with E-state index in [4.69, 9.17) is 9.26 Å². The van der Waals surface area contributed by atoms with Crippen LogP contribution in [0.3, 0.4) is 0 Å². The second-order valence-corrected chi connectivity index (χ2v) is 4.44. The van der Waals surface area contributed by atoms with Gasteiger partial charge in [0.25, 0.3) is 0 Å². The molecule has 96 valence electrons. The van der Waals surface area contributed by atoms with E-state index in [0.717, 1.165) is 22.8 Å². The Hall–Kier alpha value is -1.81. The molecule has 0 aliphatic carbocycles. The number of benzene rings is 1. The average Bonchev–Trinajstić information content (AvgIpc) is 2.85. The van der Waals surface area contributed by atoms with Crippen LogP contribution in [0.5, 0.6) is 5.75 Å². The minimum Gasteiger partial charge on any atom is -0.497 e. The van der Waals surface area contributed by atoms with E-state index in [1.807, 2.05) is 30.3 Å². The van der Waals surface area contributed by atoms with Gasteiger partial charge >= 0.3 is 0 Å². The maximum Gasteiger partial charge on any atom is 0.151 e. The molecule has 1 aromatic carbocycles. The monoisotopic (exact) mass is 246 g/mol. The fourth-order valence-electron chi connectivity index (χ4n) is 1.60. The molecule has 18 heavy (non-hydrogen) atoms. The Balaban J connectivity index is 2.08. The summed E-state index contributed by atoms with van der Waals surface area (Å²) in [5, 5.41) is 7.36. The molecular weight excluding hydrogens is 228 g/mol. The van der Waals surface area contributed by atoms with Gasteiger partial charge in [-0.1, -0.05) is 19.0 Å². The number of nitrogens with zero attached hydrogens (tertiary/aromatic N) is 1. The number of hydrogen-bond donors (Lipinski definition) is 1. The van der Waals surface area contributed by atoms with Gasteiger partial charge in [0, 0.05) is 17.7 Å². The third-order valence-electron chi connectivity index (χ3n) is 2.63. The second-order valence-electron chi connectivity index (χ2n) is 4.44. The second kappa shape index (κ2) is 5.69. The highest BCUT2D eigenvalue weighted by atomic mass is 16.5. The molecule has 0 spiro atoms. The van der Waals surface area contributed by atoms with Crippen LogP contribution in [0.25, 0.3) is 11.3 Å². The Bertz CT molecular complexity index is 489. The Morgan fingerprint density at radius 3 is 2.61 bits per heavy atom. The number of aromatic nitrogens is 1. The van der Waals surface area contributed by atoms with Crippen LogP contribution >= 0.6 is 0 Å². The van der Waals surface area contributed by atoms with Crippen molar-refractivity contribution >= 4 is 0 Å². The van der Waals surface area contributed by atoms with Gasteiger partial charge in [0.1, 0.15) is 11.4 Å². The van der Waals surface area contributed by atoms with Crippen LogP contribution in [-0.2, 0) is 6.54 Å². The third kappa shape index (κ3) is 3.11. The number of nitrogens with one attached hydrogen (secondary N) is 1. The summed E-state index contributed by atoms with van der Waals surface area (Å²) in [5.41, 5.74) is 1.87. The molecule has 0 saturated carbocycles. The summed E-state index contributed by atoms with van der Waals surface area (Å²) in [6.07, 6.45) is 0. The molecule has 0 unspecified atom stereocenters. The van der Waals surface area contributed by atoms with Gasteiger partial charge in [-0.3, -0.25) is 0 Å². The van der Waals surface area contributed by atoms with Gasteiger partial charge in [0.05, 0.1) is 13.7 Å². The van der Waals surface area contributed by atoms with Crippen molar-refractivity contribution in [1.29, 1.82) is 0 Å². The van der Waals surface area contributed by atoms with E-state index in [2.05, 4.69) is 24.3 Å². The summed E-state index contributed by atoms with van der Waals surface area (Å²) in [5.74, 6) is 1.68. The van der Waals surface area contributed by atoms with Crippen LogP contribution in [0.15, 0.2) is 34.9 Å². The molecule has 0 radical (unpaired) electrons. The van der Waals surface area contributed by atoms with E-state index >= 15 is 0 Å². The van der Waals surface area contributed by atoms with E-state index < -0.39 is 0 Å². The van der Waals surface area contributed by atoms with Gasteiger partial charge < -0.3 is 14.6 Å². The van der Waals surface area contributed by atoms with Gasteiger partial charge in [-0.05, 0) is 24.3 Å². The Kier molecular flexibility index (Phi) is 3.99. The molecule has 4 nitrogen and oxygen atoms in total. The highest BCUT2D eigenvalue weighted by Gasteiger charge is 2.06. The molecule has 2 aromatic rings. The van der Waals surface area contributed by atoms with Gasteiger partial charge in [-0.15, -0.1) is 0 Å². The largest absolute Gasteiger partial charge is 0.497 e. The Morgan fingerprint density at radius 2 is 2.00 bits per heavy atom. The predicted octanol–water partition coefficient (Wildman–Crippen LogP) is 2.85. The summed E-state index contributed by atoms with van der Waals surface area (Å²) >= 11 is 0. The molecule has 1 N–H and O–H groups in total. The van der Waals surface area contributed by atoms with Crippen molar-refractivity contribution in [2.45, 2.75) is 26.4 Å². The molecule has 1 heterocycles. The standard InChI is InChI=1S/C14H18N2O2/c1-10(2)15-9-13-8-14(16-18-13)11-4-6-12(17-3)7-5-11/h4-8,10,15H,9H2,1-3H3. The topological polar surface area (TPSA) is 47.3 Å². The van der Waals surface area contributed by atoms with Crippen LogP contribution < -0.4 is 10.1 Å². The predicted molar refractivity (Wildman–Crippen MR) is 70.5 cm³/mol. The van der Waals surface area contributed by atoms with E-state index in [1.165, 1.54) is 0 Å². The fraction of sp³-hybridized carbons (Fsp3) is 0.357. The zero-order valence-electron chi connectivity index (χ0n) is 10.9. The molecule has 1 aromatic heterocycles. The highest BCUT2D eigenvalue weighted by Crippen LogP contribution is 2.22. The molecule has 0 saturated heterocycles. The lowest BCUT2D eigenvalue weighted by atomic mass is 10.1. The van der Waals surface area contributed by atoms with E-state index in [-0.39, 0.29) is 0 Å². The first-order chi connectivity index (χ1) is 8.69. The zero-order valence-corrected chi connectivity index (χ0v) is 10.9. The summed E-state index contributed by atoms with van der Waals surface area (Å²) < 4.78 is 10.4. The molecule has 4 heteroatoms. The molecule has 0 aliphatic rings. The van der Waals surface area contributed by atoms with Crippen LogP contribution in [0.4, 0.5) is 0 Å². The van der Waals surface area contributed by atoms with Crippen molar-refractivity contribution in [1.82, 2.24) is 10.5 Å². The molecular formula is C14H18N2O2. The third-order valence-corrected chi connectivity index (χ3v) is 2.63. The van der Waals surface area contributed by atoms with Gasteiger partial charge in [-0.2, -0.15) is 0 Å². The fourth-order valence-corrected chi connectivity index (χ4v) is 1.60. The number of ether oxygens (including phenoxy) is 1. The lowest BCUT2D eigenvalue weighted by Gasteiger charge is -2.03. The highest BCUT2D eigenvalue weighted by molar-refractivity contribution is 5.59. The molecule has 0 atom stereocenters. The molecule has 0 bridgehead atoms. The summed E-state index contributed by atoms with van der Waals surface area (Å²) in [4.78, 5) is 0. The SMILES string of the molecule is COc1ccc(-c2cc(CNC(C)C)on2)cc1. The van der Waals surface area contributed by atoms with E-state index in [0.29, 0.717) is 12.6 Å².